The fraction of sp³-hybridized carbons (Fsp3) is 0.733. The molecule has 0 saturated heterocycles. The molecule has 2 aromatic heterocycles. The molecule has 22 heavy (non-hydrogen) atoms. The van der Waals surface area contributed by atoms with Crippen LogP contribution in [0.25, 0.3) is 0 Å². The van der Waals surface area contributed by atoms with E-state index in [0.29, 0.717) is 29.5 Å². The Kier molecular flexibility index (Phi) is 3.68. The van der Waals surface area contributed by atoms with Crippen LogP contribution in [-0.4, -0.2) is 24.9 Å². The smallest absolute Gasteiger partial charge is 0.237 e. The molecule has 2 aliphatic carbocycles. The van der Waals surface area contributed by atoms with E-state index in [2.05, 4.69) is 38.8 Å². The number of aromatic nitrogens is 5. The monoisotopic (exact) mass is 319 g/mol. The zero-order chi connectivity index (χ0) is 15.1. The highest BCUT2D eigenvalue weighted by Crippen LogP contribution is 2.46. The van der Waals surface area contributed by atoms with Crippen molar-refractivity contribution in [1.29, 1.82) is 0 Å². The normalized spacial score (nSPS) is 18.3. The molecule has 6 nitrogen and oxygen atoms in total. The van der Waals surface area contributed by atoms with Crippen LogP contribution in [0, 0.1) is 5.92 Å². The Bertz CT molecular complexity index is 657. The molecule has 2 heterocycles. The number of hydrogen-bond acceptors (Lipinski definition) is 6. The molecule has 0 aliphatic heterocycles. The summed E-state index contributed by atoms with van der Waals surface area (Å²) in [5.74, 6) is 4.52. The van der Waals surface area contributed by atoms with E-state index in [-0.39, 0.29) is 0 Å². The SMILES string of the molecule is CC(C)Cc1noc(CSc2nnc(C3CC3)n2C2CC2)n1. The molecule has 4 rings (SSSR count). The summed E-state index contributed by atoms with van der Waals surface area (Å²) in [6, 6.07) is 0.618. The summed E-state index contributed by atoms with van der Waals surface area (Å²) in [6.07, 6.45) is 5.89. The van der Waals surface area contributed by atoms with Crippen LogP contribution >= 0.6 is 11.8 Å². The van der Waals surface area contributed by atoms with Gasteiger partial charge in [0.2, 0.25) is 5.89 Å². The van der Waals surface area contributed by atoms with Crippen LogP contribution in [0.1, 0.15) is 69.0 Å². The van der Waals surface area contributed by atoms with E-state index in [1.54, 1.807) is 11.8 Å². The van der Waals surface area contributed by atoms with Gasteiger partial charge < -0.3 is 9.09 Å². The highest BCUT2D eigenvalue weighted by atomic mass is 32.2. The quantitative estimate of drug-likeness (QED) is 0.729. The molecule has 0 bridgehead atoms. The molecule has 0 aromatic carbocycles. The number of nitrogens with zero attached hydrogens (tertiary/aromatic N) is 5. The van der Waals surface area contributed by atoms with Gasteiger partial charge in [-0.1, -0.05) is 30.8 Å². The summed E-state index contributed by atoms with van der Waals surface area (Å²) in [5.41, 5.74) is 0. The second-order valence-electron chi connectivity index (χ2n) is 6.71. The van der Waals surface area contributed by atoms with Gasteiger partial charge in [-0.15, -0.1) is 10.2 Å². The fourth-order valence-corrected chi connectivity index (χ4v) is 3.46. The minimum absolute atomic E-state index is 0.539. The zero-order valence-electron chi connectivity index (χ0n) is 13.0. The van der Waals surface area contributed by atoms with E-state index < -0.39 is 0 Å². The van der Waals surface area contributed by atoms with Crippen molar-refractivity contribution in [3.8, 4) is 0 Å². The van der Waals surface area contributed by atoms with Crippen molar-refractivity contribution in [3.05, 3.63) is 17.5 Å². The highest BCUT2D eigenvalue weighted by molar-refractivity contribution is 7.98. The molecule has 2 saturated carbocycles. The van der Waals surface area contributed by atoms with Gasteiger partial charge in [-0.05, 0) is 31.6 Å². The molecule has 0 atom stereocenters. The van der Waals surface area contributed by atoms with Crippen molar-refractivity contribution in [3.63, 3.8) is 0 Å². The first-order valence-corrected chi connectivity index (χ1v) is 9.08. The summed E-state index contributed by atoms with van der Waals surface area (Å²) in [5, 5.41) is 13.9. The molecule has 0 amide bonds. The van der Waals surface area contributed by atoms with Gasteiger partial charge in [0.05, 0.1) is 5.75 Å². The molecule has 2 fully saturated rings. The lowest BCUT2D eigenvalue weighted by Crippen LogP contribution is -2.02. The van der Waals surface area contributed by atoms with Gasteiger partial charge in [0.25, 0.3) is 0 Å². The van der Waals surface area contributed by atoms with Crippen molar-refractivity contribution in [2.75, 3.05) is 0 Å². The topological polar surface area (TPSA) is 69.6 Å². The van der Waals surface area contributed by atoms with Crippen LogP contribution in [0.3, 0.4) is 0 Å². The maximum absolute atomic E-state index is 5.33. The van der Waals surface area contributed by atoms with E-state index >= 15 is 0 Å². The predicted molar refractivity (Wildman–Crippen MR) is 82.7 cm³/mol. The van der Waals surface area contributed by atoms with Crippen LogP contribution in [0.5, 0.6) is 0 Å². The lowest BCUT2D eigenvalue weighted by Gasteiger charge is -2.06. The largest absolute Gasteiger partial charge is 0.338 e. The Labute approximate surface area is 134 Å². The first-order valence-electron chi connectivity index (χ1n) is 8.09. The number of thioether (sulfide) groups is 1. The fourth-order valence-electron chi connectivity index (χ4n) is 2.61. The maximum Gasteiger partial charge on any atom is 0.237 e. The Balaban J connectivity index is 1.44. The summed E-state index contributed by atoms with van der Waals surface area (Å²) in [7, 11) is 0. The Morgan fingerprint density at radius 3 is 2.73 bits per heavy atom. The summed E-state index contributed by atoms with van der Waals surface area (Å²) in [6.45, 7) is 4.31. The van der Waals surface area contributed by atoms with Crippen LogP contribution in [0.4, 0.5) is 0 Å². The van der Waals surface area contributed by atoms with Gasteiger partial charge >= 0.3 is 0 Å². The molecule has 2 aliphatic rings. The van der Waals surface area contributed by atoms with E-state index in [0.717, 1.165) is 17.4 Å². The zero-order valence-corrected chi connectivity index (χ0v) is 13.8. The summed E-state index contributed by atoms with van der Waals surface area (Å²) >= 11 is 1.66. The van der Waals surface area contributed by atoms with Gasteiger partial charge in [-0.3, -0.25) is 0 Å². The second kappa shape index (κ2) is 5.68. The van der Waals surface area contributed by atoms with Crippen molar-refractivity contribution >= 4 is 11.8 Å². The lowest BCUT2D eigenvalue weighted by molar-refractivity contribution is 0.382. The number of rotatable bonds is 7. The van der Waals surface area contributed by atoms with Crippen LogP contribution in [-0.2, 0) is 12.2 Å². The summed E-state index contributed by atoms with van der Waals surface area (Å²) in [4.78, 5) is 4.45. The van der Waals surface area contributed by atoms with Crippen molar-refractivity contribution < 1.29 is 4.52 Å². The average molecular weight is 319 g/mol. The lowest BCUT2D eigenvalue weighted by atomic mass is 10.1. The van der Waals surface area contributed by atoms with Gasteiger partial charge in [0.1, 0.15) is 5.82 Å². The standard InChI is InChI=1S/C15H21N5OS/c1-9(2)7-12-16-13(21-19-12)8-22-15-18-17-14(10-3-4-10)20(15)11-5-6-11/h9-11H,3-8H2,1-2H3. The second-order valence-corrected chi connectivity index (χ2v) is 7.65. The molecule has 0 unspecified atom stereocenters. The molecule has 118 valence electrons. The third kappa shape index (κ3) is 3.04. The van der Waals surface area contributed by atoms with Crippen molar-refractivity contribution in [2.45, 2.75) is 68.8 Å². The minimum Gasteiger partial charge on any atom is -0.338 e. The van der Waals surface area contributed by atoms with Crippen molar-refractivity contribution in [1.82, 2.24) is 24.9 Å². The molecule has 0 N–H and O–H groups in total. The van der Waals surface area contributed by atoms with Gasteiger partial charge in [-0.25, -0.2) is 0 Å². The predicted octanol–water partition coefficient (Wildman–Crippen LogP) is 3.36. The highest BCUT2D eigenvalue weighted by Gasteiger charge is 2.36. The van der Waals surface area contributed by atoms with Gasteiger partial charge in [0.15, 0.2) is 11.0 Å². The van der Waals surface area contributed by atoms with Crippen LogP contribution in [0.15, 0.2) is 9.68 Å². The molecule has 2 aromatic rings. The molecular formula is C15H21N5OS. The number of hydrogen-bond donors (Lipinski definition) is 0. The molecule has 7 heteroatoms. The van der Waals surface area contributed by atoms with Crippen LogP contribution in [0.2, 0.25) is 0 Å². The first-order chi connectivity index (χ1) is 10.7. The van der Waals surface area contributed by atoms with E-state index in [1.807, 2.05) is 0 Å². The summed E-state index contributed by atoms with van der Waals surface area (Å²) < 4.78 is 7.69. The third-order valence-electron chi connectivity index (χ3n) is 3.97. The van der Waals surface area contributed by atoms with Gasteiger partial charge in [0, 0.05) is 18.4 Å². The molecule has 0 radical (unpaired) electrons. The van der Waals surface area contributed by atoms with E-state index in [4.69, 9.17) is 4.52 Å². The van der Waals surface area contributed by atoms with Gasteiger partial charge in [-0.2, -0.15) is 4.98 Å². The van der Waals surface area contributed by atoms with Crippen LogP contribution < -0.4 is 0 Å². The minimum atomic E-state index is 0.539. The van der Waals surface area contributed by atoms with E-state index in [9.17, 15) is 0 Å². The van der Waals surface area contributed by atoms with E-state index in [1.165, 1.54) is 31.5 Å². The third-order valence-corrected chi connectivity index (χ3v) is 4.90. The Morgan fingerprint density at radius 2 is 2.05 bits per heavy atom. The average Bonchev–Trinajstić information content (AvgIpc) is 3.40. The Hall–Kier alpha value is -1.37. The molecular weight excluding hydrogens is 298 g/mol. The first kappa shape index (κ1) is 14.2. The maximum atomic E-state index is 5.33. The van der Waals surface area contributed by atoms with Crippen molar-refractivity contribution in [2.24, 2.45) is 5.92 Å². The molecule has 0 spiro atoms. The Morgan fingerprint density at radius 1 is 1.23 bits per heavy atom.